The molecule has 3 aromatic rings. The molecule has 26 heavy (non-hydrogen) atoms. The van der Waals surface area contributed by atoms with Crippen molar-refractivity contribution in [1.82, 2.24) is 9.78 Å². The molecular formula is C19H14Cl2N2O3. The van der Waals surface area contributed by atoms with Crippen molar-refractivity contribution in [3.05, 3.63) is 63.8 Å². The quantitative estimate of drug-likeness (QED) is 0.597. The van der Waals surface area contributed by atoms with Crippen molar-refractivity contribution >= 4 is 29.2 Å². The van der Waals surface area contributed by atoms with Gasteiger partial charge in [0.05, 0.1) is 23.6 Å². The minimum absolute atomic E-state index is 0.213. The molecule has 2 heterocycles. The summed E-state index contributed by atoms with van der Waals surface area (Å²) in [7, 11) is 0. The van der Waals surface area contributed by atoms with Crippen molar-refractivity contribution in [3.63, 3.8) is 0 Å². The van der Waals surface area contributed by atoms with Gasteiger partial charge in [0, 0.05) is 15.6 Å². The molecule has 1 aliphatic rings. The third kappa shape index (κ3) is 2.83. The van der Waals surface area contributed by atoms with Crippen LogP contribution < -0.4 is 4.74 Å². The molecule has 0 saturated heterocycles. The lowest BCUT2D eigenvalue weighted by molar-refractivity contribution is 0.0516. The number of halogens is 2. The lowest BCUT2D eigenvalue weighted by Gasteiger charge is -2.20. The lowest BCUT2D eigenvalue weighted by Crippen LogP contribution is -2.11. The van der Waals surface area contributed by atoms with Gasteiger partial charge < -0.3 is 9.47 Å². The Bertz CT molecular complexity index is 997. The zero-order valence-electron chi connectivity index (χ0n) is 13.8. The molecule has 0 unspecified atom stereocenters. The van der Waals surface area contributed by atoms with Gasteiger partial charge in [-0.1, -0.05) is 23.2 Å². The molecule has 1 aromatic heterocycles. The Morgan fingerprint density at radius 3 is 2.65 bits per heavy atom. The van der Waals surface area contributed by atoms with Crippen LogP contribution in [0, 0.1) is 0 Å². The molecule has 0 aliphatic carbocycles. The van der Waals surface area contributed by atoms with Crippen molar-refractivity contribution in [1.29, 1.82) is 0 Å². The van der Waals surface area contributed by atoms with Gasteiger partial charge in [0.15, 0.2) is 5.69 Å². The number of carbonyl (C=O) groups is 1. The summed E-state index contributed by atoms with van der Waals surface area (Å²) in [6, 6.07) is 12.6. The summed E-state index contributed by atoms with van der Waals surface area (Å²) in [5, 5.41) is 5.72. The highest BCUT2D eigenvalue weighted by molar-refractivity contribution is 6.31. The summed E-state index contributed by atoms with van der Waals surface area (Å²) in [5.41, 5.74) is 3.32. The molecule has 0 N–H and O–H groups in total. The molecule has 132 valence electrons. The molecule has 4 rings (SSSR count). The molecule has 7 heteroatoms. The minimum Gasteiger partial charge on any atom is -0.488 e. The first-order valence-corrected chi connectivity index (χ1v) is 8.81. The van der Waals surface area contributed by atoms with Gasteiger partial charge in [-0.3, -0.25) is 0 Å². The predicted molar refractivity (Wildman–Crippen MR) is 99.3 cm³/mol. The third-order valence-electron chi connectivity index (χ3n) is 4.09. The first-order chi connectivity index (χ1) is 12.6. The number of nitrogens with zero attached hydrogens (tertiary/aromatic N) is 2. The first-order valence-electron chi connectivity index (χ1n) is 8.06. The fraction of sp³-hybridized carbons (Fsp3) is 0.158. The van der Waals surface area contributed by atoms with Crippen LogP contribution >= 0.6 is 23.2 Å². The molecule has 5 nitrogen and oxygen atoms in total. The Labute approximate surface area is 160 Å². The van der Waals surface area contributed by atoms with Crippen LogP contribution in [0.15, 0.2) is 42.5 Å². The monoisotopic (exact) mass is 388 g/mol. The Hall–Kier alpha value is -2.50. The highest BCUT2D eigenvalue weighted by atomic mass is 35.5. The number of esters is 1. The van der Waals surface area contributed by atoms with Gasteiger partial charge >= 0.3 is 5.97 Å². The Morgan fingerprint density at radius 2 is 1.92 bits per heavy atom. The molecule has 0 saturated carbocycles. The maximum Gasteiger partial charge on any atom is 0.359 e. The Morgan fingerprint density at radius 1 is 1.19 bits per heavy atom. The van der Waals surface area contributed by atoms with Gasteiger partial charge in [0.25, 0.3) is 0 Å². The van der Waals surface area contributed by atoms with Crippen LogP contribution in [0.5, 0.6) is 5.75 Å². The molecule has 0 bridgehead atoms. The Kier molecular flexibility index (Phi) is 4.34. The van der Waals surface area contributed by atoms with Gasteiger partial charge in [-0.2, -0.15) is 5.10 Å². The number of fused-ring (bicyclic) bond motifs is 3. The van der Waals surface area contributed by atoms with E-state index >= 15 is 0 Å². The molecule has 0 radical (unpaired) electrons. The number of benzene rings is 2. The van der Waals surface area contributed by atoms with E-state index in [0.29, 0.717) is 21.4 Å². The van der Waals surface area contributed by atoms with Gasteiger partial charge in [-0.05, 0) is 49.4 Å². The number of hydrogen-bond donors (Lipinski definition) is 0. The van der Waals surface area contributed by atoms with Crippen molar-refractivity contribution in [2.45, 2.75) is 13.5 Å². The van der Waals surface area contributed by atoms with E-state index in [-0.39, 0.29) is 18.9 Å². The van der Waals surface area contributed by atoms with Gasteiger partial charge in [0.2, 0.25) is 0 Å². The van der Waals surface area contributed by atoms with Crippen molar-refractivity contribution in [2.24, 2.45) is 0 Å². The van der Waals surface area contributed by atoms with E-state index in [2.05, 4.69) is 5.10 Å². The normalized spacial score (nSPS) is 12.1. The molecule has 0 fully saturated rings. The van der Waals surface area contributed by atoms with Gasteiger partial charge in [-0.15, -0.1) is 0 Å². The zero-order valence-corrected chi connectivity index (χ0v) is 15.3. The maximum atomic E-state index is 12.4. The van der Waals surface area contributed by atoms with Crippen LogP contribution in [-0.2, 0) is 11.3 Å². The molecule has 0 amide bonds. The van der Waals surface area contributed by atoms with Crippen molar-refractivity contribution in [2.75, 3.05) is 6.61 Å². The summed E-state index contributed by atoms with van der Waals surface area (Å²) in [6.45, 7) is 2.24. The fourth-order valence-corrected chi connectivity index (χ4v) is 3.25. The van der Waals surface area contributed by atoms with E-state index in [0.717, 1.165) is 16.9 Å². The van der Waals surface area contributed by atoms with Gasteiger partial charge in [0.1, 0.15) is 12.4 Å². The lowest BCUT2D eigenvalue weighted by atomic mass is 10.0. The number of rotatable bonds is 3. The largest absolute Gasteiger partial charge is 0.488 e. The summed E-state index contributed by atoms with van der Waals surface area (Å²) in [4.78, 5) is 12.4. The average Bonchev–Trinajstić information content (AvgIpc) is 3.02. The van der Waals surface area contributed by atoms with Crippen molar-refractivity contribution in [3.8, 4) is 22.7 Å². The summed E-state index contributed by atoms with van der Waals surface area (Å²) in [5.74, 6) is 0.174. The molecule has 2 aromatic carbocycles. The van der Waals surface area contributed by atoms with Crippen LogP contribution in [0.3, 0.4) is 0 Å². The smallest absolute Gasteiger partial charge is 0.359 e. The average molecular weight is 389 g/mol. The molecule has 0 atom stereocenters. The van der Waals surface area contributed by atoms with E-state index in [4.69, 9.17) is 32.7 Å². The standard InChI is InChI=1S/C19H14Cl2N2O3/c1-2-25-19(24)17-15-10-26-16-9-12(21)5-8-14(16)18(15)23(22-17)13-6-3-11(20)4-7-13/h3-9H,2,10H2,1H3. The van der Waals surface area contributed by atoms with Crippen LogP contribution in [0.2, 0.25) is 10.0 Å². The number of carbonyl (C=O) groups excluding carboxylic acids is 1. The van der Waals surface area contributed by atoms with E-state index in [1.807, 2.05) is 18.2 Å². The summed E-state index contributed by atoms with van der Waals surface area (Å²) >= 11 is 12.1. The SMILES string of the molecule is CCOC(=O)c1nn(-c2ccc(Cl)cc2)c2c1COc1cc(Cl)ccc1-2. The number of aromatic nitrogens is 2. The second kappa shape index (κ2) is 6.67. The minimum atomic E-state index is -0.475. The van der Waals surface area contributed by atoms with E-state index in [9.17, 15) is 4.79 Å². The zero-order chi connectivity index (χ0) is 18.3. The second-order valence-electron chi connectivity index (χ2n) is 5.71. The highest BCUT2D eigenvalue weighted by Crippen LogP contribution is 2.41. The van der Waals surface area contributed by atoms with Crippen molar-refractivity contribution < 1.29 is 14.3 Å². The van der Waals surface area contributed by atoms with Gasteiger partial charge in [-0.25, -0.2) is 9.48 Å². The van der Waals surface area contributed by atoms with Crippen LogP contribution in [0.4, 0.5) is 0 Å². The van der Waals surface area contributed by atoms with Crippen LogP contribution in [-0.4, -0.2) is 22.4 Å². The van der Waals surface area contributed by atoms with E-state index in [1.54, 1.807) is 35.9 Å². The number of hydrogen-bond acceptors (Lipinski definition) is 4. The first kappa shape index (κ1) is 16.9. The number of ether oxygens (including phenoxy) is 2. The van der Waals surface area contributed by atoms with E-state index < -0.39 is 5.97 Å². The molecule has 1 aliphatic heterocycles. The summed E-state index contributed by atoms with van der Waals surface area (Å²) < 4.78 is 12.7. The van der Waals surface area contributed by atoms with Crippen LogP contribution in [0.25, 0.3) is 16.9 Å². The fourth-order valence-electron chi connectivity index (χ4n) is 2.96. The Balaban J connectivity index is 1.96. The second-order valence-corrected chi connectivity index (χ2v) is 6.59. The predicted octanol–water partition coefficient (Wildman–Crippen LogP) is 4.92. The summed E-state index contributed by atoms with van der Waals surface area (Å²) in [6.07, 6.45) is 0. The maximum absolute atomic E-state index is 12.4. The third-order valence-corrected chi connectivity index (χ3v) is 4.58. The van der Waals surface area contributed by atoms with E-state index in [1.165, 1.54) is 0 Å². The highest BCUT2D eigenvalue weighted by Gasteiger charge is 2.30. The molecular weight excluding hydrogens is 375 g/mol. The topological polar surface area (TPSA) is 53.3 Å². The van der Waals surface area contributed by atoms with Crippen LogP contribution in [0.1, 0.15) is 23.0 Å². The molecule has 0 spiro atoms.